The van der Waals surface area contributed by atoms with Gasteiger partial charge in [-0.25, -0.2) is 13.1 Å². The first-order valence-corrected chi connectivity index (χ1v) is 8.28. The number of hydrogen-bond donors (Lipinski definition) is 3. The Bertz CT molecular complexity index is 429. The van der Waals surface area contributed by atoms with Crippen molar-refractivity contribution < 1.29 is 8.42 Å². The monoisotopic (exact) mass is 277 g/mol. The molecule has 0 aliphatic carbocycles. The van der Waals surface area contributed by atoms with Crippen molar-refractivity contribution in [2.24, 2.45) is 0 Å². The van der Waals surface area contributed by atoms with Crippen LogP contribution in [0.1, 0.15) is 12.1 Å². The van der Waals surface area contributed by atoms with Gasteiger partial charge in [-0.05, 0) is 31.5 Å². The Morgan fingerprint density at radius 1 is 1.47 bits per heavy atom. The second-order valence-electron chi connectivity index (χ2n) is 3.64. The van der Waals surface area contributed by atoms with Crippen LogP contribution in [0.2, 0.25) is 0 Å². The summed E-state index contributed by atoms with van der Waals surface area (Å²) in [5, 5.41) is 2.96. The van der Waals surface area contributed by atoms with Crippen LogP contribution < -0.4 is 10.0 Å². The predicted octanol–water partition coefficient (Wildman–Crippen LogP) is 0.765. The number of sulfonamides is 1. The largest absolute Gasteiger partial charge is 0.363 e. The molecule has 0 saturated heterocycles. The summed E-state index contributed by atoms with van der Waals surface area (Å²) in [5.41, 5.74) is 0.858. The van der Waals surface area contributed by atoms with Crippen LogP contribution in [-0.4, -0.2) is 39.0 Å². The molecule has 0 radical (unpaired) electrons. The van der Waals surface area contributed by atoms with Gasteiger partial charge in [-0.15, -0.1) is 0 Å². The van der Waals surface area contributed by atoms with Gasteiger partial charge in [0.05, 0.1) is 4.90 Å². The fourth-order valence-corrected chi connectivity index (χ4v) is 2.90. The Labute approximate surface area is 107 Å². The Balaban J connectivity index is 2.56. The van der Waals surface area contributed by atoms with E-state index in [0.29, 0.717) is 18.0 Å². The molecule has 0 saturated carbocycles. The van der Waals surface area contributed by atoms with Crippen LogP contribution in [0.15, 0.2) is 17.2 Å². The van der Waals surface area contributed by atoms with Gasteiger partial charge in [-0.1, -0.05) is 0 Å². The number of H-pyrrole nitrogens is 1. The molecule has 0 amide bonds. The summed E-state index contributed by atoms with van der Waals surface area (Å²) in [4.78, 5) is 3.23. The molecule has 7 heteroatoms. The molecule has 0 unspecified atom stereocenters. The van der Waals surface area contributed by atoms with Crippen molar-refractivity contribution in [3.63, 3.8) is 0 Å². The Morgan fingerprint density at radius 3 is 2.88 bits per heavy atom. The molecule has 0 aliphatic rings. The normalized spacial score (nSPS) is 11.9. The highest BCUT2D eigenvalue weighted by Crippen LogP contribution is 2.10. The first-order chi connectivity index (χ1) is 8.10. The summed E-state index contributed by atoms with van der Waals surface area (Å²) < 4.78 is 26.3. The predicted molar refractivity (Wildman–Crippen MR) is 71.7 cm³/mol. The third kappa shape index (κ3) is 4.71. The molecule has 0 spiro atoms. The van der Waals surface area contributed by atoms with Crippen LogP contribution in [0.3, 0.4) is 0 Å². The average molecular weight is 277 g/mol. The second-order valence-corrected chi connectivity index (χ2v) is 6.39. The molecule has 0 aromatic carbocycles. The highest BCUT2D eigenvalue weighted by atomic mass is 32.2. The first kappa shape index (κ1) is 14.6. The van der Waals surface area contributed by atoms with Gasteiger partial charge in [0, 0.05) is 25.0 Å². The first-order valence-electron chi connectivity index (χ1n) is 5.40. The number of aromatic nitrogens is 1. The molecule has 98 valence electrons. The van der Waals surface area contributed by atoms with Crippen LogP contribution in [0, 0.1) is 0 Å². The smallest absolute Gasteiger partial charge is 0.242 e. The highest BCUT2D eigenvalue weighted by Gasteiger charge is 2.14. The Kier molecular flexibility index (Phi) is 6.04. The molecule has 1 aromatic rings. The van der Waals surface area contributed by atoms with Crippen molar-refractivity contribution in [1.82, 2.24) is 15.0 Å². The summed E-state index contributed by atoms with van der Waals surface area (Å²) in [6, 6.07) is 1.65. The van der Waals surface area contributed by atoms with Gasteiger partial charge in [0.15, 0.2) is 0 Å². The van der Waals surface area contributed by atoms with E-state index in [2.05, 4.69) is 15.0 Å². The zero-order valence-electron chi connectivity index (χ0n) is 10.1. The van der Waals surface area contributed by atoms with E-state index in [1.54, 1.807) is 17.8 Å². The van der Waals surface area contributed by atoms with E-state index in [1.807, 2.05) is 13.3 Å². The summed E-state index contributed by atoms with van der Waals surface area (Å²) in [5.74, 6) is 0.959. The maximum Gasteiger partial charge on any atom is 0.242 e. The van der Waals surface area contributed by atoms with Crippen LogP contribution >= 0.6 is 11.8 Å². The third-order valence-corrected chi connectivity index (χ3v) is 4.35. The van der Waals surface area contributed by atoms with Crippen LogP contribution in [0.5, 0.6) is 0 Å². The Morgan fingerprint density at radius 2 is 2.24 bits per heavy atom. The van der Waals surface area contributed by atoms with E-state index in [0.717, 1.165) is 17.9 Å². The molecule has 3 N–H and O–H groups in total. The number of hydrogen-bond acceptors (Lipinski definition) is 4. The molecule has 0 atom stereocenters. The number of thioether (sulfide) groups is 1. The van der Waals surface area contributed by atoms with Crippen LogP contribution in [0.25, 0.3) is 0 Å². The van der Waals surface area contributed by atoms with E-state index in [-0.39, 0.29) is 0 Å². The summed E-state index contributed by atoms with van der Waals surface area (Å²) in [6.45, 7) is 1.11. The average Bonchev–Trinajstić information content (AvgIpc) is 2.74. The molecular formula is C10H19N3O2S2. The van der Waals surface area contributed by atoms with Crippen molar-refractivity contribution in [1.29, 1.82) is 0 Å². The molecular weight excluding hydrogens is 258 g/mol. The molecule has 1 heterocycles. The van der Waals surface area contributed by atoms with Gasteiger partial charge >= 0.3 is 0 Å². The SMILES string of the molecule is CNCc1cc(S(=O)(=O)NCCCSC)c[nH]1. The minimum absolute atomic E-state index is 0.298. The summed E-state index contributed by atoms with van der Waals surface area (Å²) in [7, 11) is -1.54. The van der Waals surface area contributed by atoms with Crippen molar-refractivity contribution in [3.8, 4) is 0 Å². The summed E-state index contributed by atoms with van der Waals surface area (Å²) >= 11 is 1.71. The standard InChI is InChI=1S/C10H19N3O2S2/c1-11-7-9-6-10(8-12-9)17(14,15)13-4-3-5-16-2/h6,8,11-13H,3-5,7H2,1-2H3. The van der Waals surface area contributed by atoms with E-state index in [4.69, 9.17) is 0 Å². The van der Waals surface area contributed by atoms with Gasteiger partial charge in [0.25, 0.3) is 0 Å². The van der Waals surface area contributed by atoms with Crippen molar-refractivity contribution in [3.05, 3.63) is 18.0 Å². The van der Waals surface area contributed by atoms with Gasteiger partial charge in [-0.3, -0.25) is 0 Å². The van der Waals surface area contributed by atoms with Gasteiger partial charge in [0.2, 0.25) is 10.0 Å². The highest BCUT2D eigenvalue weighted by molar-refractivity contribution is 7.98. The zero-order valence-corrected chi connectivity index (χ0v) is 11.7. The lowest BCUT2D eigenvalue weighted by Crippen LogP contribution is -2.24. The topological polar surface area (TPSA) is 74.0 Å². The van der Waals surface area contributed by atoms with Crippen molar-refractivity contribution in [2.45, 2.75) is 17.9 Å². The number of nitrogens with one attached hydrogen (secondary N) is 3. The second kappa shape index (κ2) is 7.05. The number of rotatable bonds is 8. The van der Waals surface area contributed by atoms with E-state index in [9.17, 15) is 8.42 Å². The number of aromatic amines is 1. The fourth-order valence-electron chi connectivity index (χ4n) is 1.37. The molecule has 5 nitrogen and oxygen atoms in total. The maximum absolute atomic E-state index is 11.9. The maximum atomic E-state index is 11.9. The van der Waals surface area contributed by atoms with Gasteiger partial charge < -0.3 is 10.3 Å². The molecule has 0 fully saturated rings. The quantitative estimate of drug-likeness (QED) is 0.614. The van der Waals surface area contributed by atoms with Crippen molar-refractivity contribution in [2.75, 3.05) is 25.6 Å². The van der Waals surface area contributed by atoms with Crippen LogP contribution in [-0.2, 0) is 16.6 Å². The molecule has 0 aliphatic heterocycles. The lowest BCUT2D eigenvalue weighted by atomic mass is 10.4. The van der Waals surface area contributed by atoms with Crippen LogP contribution in [0.4, 0.5) is 0 Å². The van der Waals surface area contributed by atoms with E-state index in [1.165, 1.54) is 6.20 Å². The summed E-state index contributed by atoms with van der Waals surface area (Å²) in [6.07, 6.45) is 4.36. The lowest BCUT2D eigenvalue weighted by molar-refractivity contribution is 0.581. The zero-order chi connectivity index (χ0) is 12.7. The lowest BCUT2D eigenvalue weighted by Gasteiger charge is -2.03. The molecule has 0 bridgehead atoms. The molecule has 1 rings (SSSR count). The third-order valence-electron chi connectivity index (χ3n) is 2.21. The molecule has 1 aromatic heterocycles. The van der Waals surface area contributed by atoms with Gasteiger partial charge in [-0.2, -0.15) is 11.8 Å². The van der Waals surface area contributed by atoms with E-state index < -0.39 is 10.0 Å². The molecule has 17 heavy (non-hydrogen) atoms. The fraction of sp³-hybridized carbons (Fsp3) is 0.600. The van der Waals surface area contributed by atoms with E-state index >= 15 is 0 Å². The minimum atomic E-state index is -3.36. The minimum Gasteiger partial charge on any atom is -0.363 e. The Hall–Kier alpha value is -0.500. The van der Waals surface area contributed by atoms with Gasteiger partial charge in [0.1, 0.15) is 0 Å². The van der Waals surface area contributed by atoms with Crippen molar-refractivity contribution >= 4 is 21.8 Å².